The number of amides is 1. The molecule has 1 aromatic carbocycles. The van der Waals surface area contributed by atoms with Gasteiger partial charge in [0.25, 0.3) is 0 Å². The van der Waals surface area contributed by atoms with E-state index in [9.17, 15) is 4.79 Å². The monoisotopic (exact) mass is 373 g/mol. The molecule has 0 saturated heterocycles. The summed E-state index contributed by atoms with van der Waals surface area (Å²) in [6.07, 6.45) is 9.82. The predicted octanol–water partition coefficient (Wildman–Crippen LogP) is 4.85. The maximum absolute atomic E-state index is 12.1. The van der Waals surface area contributed by atoms with Crippen molar-refractivity contribution < 1.29 is 9.53 Å². The van der Waals surface area contributed by atoms with Crippen molar-refractivity contribution in [3.05, 3.63) is 35.3 Å². The first-order chi connectivity index (χ1) is 12.8. The molecule has 140 valence electrons. The summed E-state index contributed by atoms with van der Waals surface area (Å²) in [5.41, 5.74) is 0. The average Bonchev–Trinajstić information content (AvgIpc) is 3.12. The number of hydrogen-bond acceptors (Lipinski definition) is 5. The lowest BCUT2D eigenvalue weighted by Crippen LogP contribution is -2.14. The maximum Gasteiger partial charge on any atom is 0.226 e. The molecule has 26 heavy (non-hydrogen) atoms. The van der Waals surface area contributed by atoms with Gasteiger partial charge in [0, 0.05) is 12.8 Å². The summed E-state index contributed by atoms with van der Waals surface area (Å²) in [6, 6.07) is 9.80. The van der Waals surface area contributed by atoms with Crippen molar-refractivity contribution in [3.63, 3.8) is 0 Å². The largest absolute Gasteiger partial charge is 0.494 e. The highest BCUT2D eigenvalue weighted by Crippen LogP contribution is 2.27. The maximum atomic E-state index is 12.1. The molecule has 0 atom stereocenters. The van der Waals surface area contributed by atoms with Crippen LogP contribution < -0.4 is 10.1 Å². The van der Waals surface area contributed by atoms with E-state index in [1.807, 2.05) is 30.3 Å². The highest BCUT2D eigenvalue weighted by Gasteiger charge is 2.15. The molecule has 1 aliphatic rings. The number of rotatable bonds is 9. The van der Waals surface area contributed by atoms with Crippen LogP contribution in [0.5, 0.6) is 5.75 Å². The minimum Gasteiger partial charge on any atom is -0.494 e. The van der Waals surface area contributed by atoms with E-state index < -0.39 is 0 Å². The highest BCUT2D eigenvalue weighted by atomic mass is 32.1. The Morgan fingerprint density at radius 2 is 1.96 bits per heavy atom. The van der Waals surface area contributed by atoms with Crippen molar-refractivity contribution in [2.24, 2.45) is 5.92 Å². The van der Waals surface area contributed by atoms with Crippen LogP contribution in [0.3, 0.4) is 0 Å². The molecule has 6 heteroatoms. The zero-order valence-electron chi connectivity index (χ0n) is 15.2. The third-order valence-electron chi connectivity index (χ3n) is 4.76. The number of nitrogens with one attached hydrogen (secondary N) is 1. The molecular weight excluding hydrogens is 346 g/mol. The van der Waals surface area contributed by atoms with Crippen LogP contribution in [0.4, 0.5) is 5.13 Å². The lowest BCUT2D eigenvalue weighted by atomic mass is 9.86. The lowest BCUT2D eigenvalue weighted by Gasteiger charge is -2.20. The minimum absolute atomic E-state index is 0.0608. The van der Waals surface area contributed by atoms with Crippen LogP contribution in [0.15, 0.2) is 30.3 Å². The van der Waals surface area contributed by atoms with Crippen LogP contribution in [0.1, 0.15) is 56.4 Å². The molecule has 0 aliphatic heterocycles. The van der Waals surface area contributed by atoms with Gasteiger partial charge in [-0.3, -0.25) is 4.79 Å². The second-order valence-corrected chi connectivity index (χ2v) is 7.92. The van der Waals surface area contributed by atoms with E-state index in [2.05, 4.69) is 15.5 Å². The summed E-state index contributed by atoms with van der Waals surface area (Å²) in [4.78, 5) is 12.1. The van der Waals surface area contributed by atoms with Gasteiger partial charge in [-0.25, -0.2) is 0 Å². The quantitative estimate of drug-likeness (QED) is 0.638. The molecule has 0 unspecified atom stereocenters. The topological polar surface area (TPSA) is 64.1 Å². The van der Waals surface area contributed by atoms with Crippen LogP contribution in [-0.2, 0) is 11.2 Å². The van der Waals surface area contributed by atoms with Crippen molar-refractivity contribution in [2.75, 3.05) is 11.9 Å². The molecule has 1 aromatic heterocycles. The van der Waals surface area contributed by atoms with E-state index in [4.69, 9.17) is 4.74 Å². The minimum atomic E-state index is 0.0608. The third-order valence-corrected chi connectivity index (χ3v) is 5.66. The summed E-state index contributed by atoms with van der Waals surface area (Å²) in [6.45, 7) is 0.646. The van der Waals surface area contributed by atoms with Gasteiger partial charge < -0.3 is 10.1 Å². The zero-order chi connectivity index (χ0) is 18.0. The van der Waals surface area contributed by atoms with Crippen molar-refractivity contribution in [2.45, 2.75) is 57.8 Å². The Morgan fingerprint density at radius 3 is 2.77 bits per heavy atom. The third kappa shape index (κ3) is 6.41. The highest BCUT2D eigenvalue weighted by molar-refractivity contribution is 7.15. The number of hydrogen-bond donors (Lipinski definition) is 1. The van der Waals surface area contributed by atoms with Crippen LogP contribution in [0, 0.1) is 5.92 Å². The second-order valence-electron chi connectivity index (χ2n) is 6.86. The molecule has 1 amide bonds. The molecule has 1 heterocycles. The van der Waals surface area contributed by atoms with Crippen LogP contribution in [-0.4, -0.2) is 22.7 Å². The Balaban J connectivity index is 1.32. The Labute approximate surface area is 159 Å². The van der Waals surface area contributed by atoms with Crippen molar-refractivity contribution in [1.29, 1.82) is 0 Å². The number of anilines is 1. The predicted molar refractivity (Wildman–Crippen MR) is 105 cm³/mol. The van der Waals surface area contributed by atoms with Gasteiger partial charge in [-0.15, -0.1) is 10.2 Å². The fraction of sp³-hybridized carbons (Fsp3) is 0.550. The Hall–Kier alpha value is -1.95. The van der Waals surface area contributed by atoms with E-state index in [0.29, 0.717) is 18.2 Å². The molecule has 0 radical (unpaired) electrons. The van der Waals surface area contributed by atoms with E-state index in [0.717, 1.165) is 35.9 Å². The Morgan fingerprint density at radius 1 is 1.15 bits per heavy atom. The molecule has 1 aliphatic carbocycles. The number of nitrogens with zero attached hydrogens (tertiary/aromatic N) is 2. The molecule has 0 spiro atoms. The normalized spacial score (nSPS) is 14.9. The zero-order valence-corrected chi connectivity index (χ0v) is 16.0. The number of para-hydroxylation sites is 1. The Bertz CT molecular complexity index is 669. The number of ether oxygens (including phenoxy) is 1. The van der Waals surface area contributed by atoms with Crippen molar-refractivity contribution in [3.8, 4) is 5.75 Å². The fourth-order valence-electron chi connectivity index (χ4n) is 3.33. The number of carbonyl (C=O) groups excluding carboxylic acids is 1. The summed E-state index contributed by atoms with van der Waals surface area (Å²) in [5.74, 6) is 1.67. The Kier molecular flexibility index (Phi) is 7.43. The molecule has 3 rings (SSSR count). The van der Waals surface area contributed by atoms with Crippen LogP contribution in [0.25, 0.3) is 0 Å². The molecule has 5 nitrogen and oxygen atoms in total. The first-order valence-corrected chi connectivity index (χ1v) is 10.4. The molecular formula is C20H27N3O2S. The van der Waals surface area contributed by atoms with Gasteiger partial charge in [-0.2, -0.15) is 0 Å². The first-order valence-electron chi connectivity index (χ1n) is 9.59. The summed E-state index contributed by atoms with van der Waals surface area (Å²) < 4.78 is 5.68. The fourth-order valence-corrected chi connectivity index (χ4v) is 4.13. The number of carbonyl (C=O) groups is 1. The summed E-state index contributed by atoms with van der Waals surface area (Å²) in [7, 11) is 0. The summed E-state index contributed by atoms with van der Waals surface area (Å²) >= 11 is 1.46. The van der Waals surface area contributed by atoms with Gasteiger partial charge in [0.05, 0.1) is 6.61 Å². The first kappa shape index (κ1) is 18.8. The van der Waals surface area contributed by atoms with E-state index in [1.165, 1.54) is 43.4 Å². The van der Waals surface area contributed by atoms with E-state index in [-0.39, 0.29) is 5.91 Å². The SMILES string of the molecule is O=C(CCC1CCCCC1)Nc1nnc(CCCOc2ccccc2)s1. The molecule has 1 fully saturated rings. The van der Waals surface area contributed by atoms with Gasteiger partial charge in [0.2, 0.25) is 11.0 Å². The van der Waals surface area contributed by atoms with Crippen LogP contribution >= 0.6 is 11.3 Å². The molecule has 0 bridgehead atoms. The second kappa shape index (κ2) is 10.3. The molecule has 1 N–H and O–H groups in total. The van der Waals surface area contributed by atoms with Crippen LogP contribution in [0.2, 0.25) is 0 Å². The van der Waals surface area contributed by atoms with Gasteiger partial charge in [-0.1, -0.05) is 61.6 Å². The molecule has 2 aromatic rings. The average molecular weight is 374 g/mol. The van der Waals surface area contributed by atoms with E-state index in [1.54, 1.807) is 0 Å². The lowest BCUT2D eigenvalue weighted by molar-refractivity contribution is -0.116. The van der Waals surface area contributed by atoms with Crippen molar-refractivity contribution in [1.82, 2.24) is 10.2 Å². The number of benzene rings is 1. The summed E-state index contributed by atoms with van der Waals surface area (Å²) in [5, 5.41) is 12.7. The number of aryl methyl sites for hydroxylation is 1. The smallest absolute Gasteiger partial charge is 0.226 e. The molecule has 1 saturated carbocycles. The number of aromatic nitrogens is 2. The standard InChI is InChI=1S/C20H27N3O2S/c24-18(14-13-16-8-3-1-4-9-16)21-20-23-22-19(26-20)12-7-15-25-17-10-5-2-6-11-17/h2,5-6,10-11,16H,1,3-4,7-9,12-15H2,(H,21,23,24). The van der Waals surface area contributed by atoms with Gasteiger partial charge in [0.1, 0.15) is 10.8 Å². The van der Waals surface area contributed by atoms with Crippen molar-refractivity contribution >= 4 is 22.4 Å². The van der Waals surface area contributed by atoms with Gasteiger partial charge in [0.15, 0.2) is 0 Å². The van der Waals surface area contributed by atoms with Gasteiger partial charge in [-0.05, 0) is 30.9 Å². The van der Waals surface area contributed by atoms with Gasteiger partial charge >= 0.3 is 0 Å². The van der Waals surface area contributed by atoms with E-state index >= 15 is 0 Å².